The van der Waals surface area contributed by atoms with Crippen LogP contribution in [0.4, 0.5) is 0 Å². The molecule has 0 fully saturated rings. The summed E-state index contributed by atoms with van der Waals surface area (Å²) in [5, 5.41) is 19.5. The van der Waals surface area contributed by atoms with Crippen molar-refractivity contribution in [3.63, 3.8) is 0 Å². The van der Waals surface area contributed by atoms with Crippen molar-refractivity contribution in [2.75, 3.05) is 0 Å². The van der Waals surface area contributed by atoms with Gasteiger partial charge in [-0.05, 0) is 24.5 Å². The van der Waals surface area contributed by atoms with Crippen LogP contribution in [0, 0.1) is 0 Å². The number of carboxylic acids is 1. The minimum absolute atomic E-state index is 0.136. The van der Waals surface area contributed by atoms with Crippen molar-refractivity contribution in [3.8, 4) is 5.75 Å². The van der Waals surface area contributed by atoms with Crippen LogP contribution < -0.4 is 0 Å². The molecule has 0 saturated heterocycles. The first-order valence-electron chi connectivity index (χ1n) is 6.78. The van der Waals surface area contributed by atoms with Gasteiger partial charge in [-0.1, -0.05) is 24.3 Å². The Labute approximate surface area is 117 Å². The second-order valence-corrected chi connectivity index (χ2v) is 5.33. The maximum absolute atomic E-state index is 11.1. The van der Waals surface area contributed by atoms with E-state index in [0.717, 1.165) is 18.7 Å². The van der Waals surface area contributed by atoms with Crippen molar-refractivity contribution >= 4 is 5.97 Å². The third kappa shape index (κ3) is 1.97. The number of aryl methyl sites for hydroxylation is 2. The number of benzene rings is 1. The lowest BCUT2D eigenvalue weighted by Gasteiger charge is -2.06. The first-order chi connectivity index (χ1) is 9.58. The zero-order valence-electron chi connectivity index (χ0n) is 11.3. The number of hydrogen-bond acceptors (Lipinski definition) is 2. The summed E-state index contributed by atoms with van der Waals surface area (Å²) in [5.41, 5.74) is 3.82. The molecule has 104 valence electrons. The average molecular weight is 271 g/mol. The molecule has 1 atom stereocenters. The maximum atomic E-state index is 11.1. The number of carbonyl (C=O) groups is 1. The Bertz CT molecular complexity index is 672. The Morgan fingerprint density at radius 1 is 1.30 bits per heavy atom. The molecule has 1 aromatic carbocycles. The average Bonchev–Trinajstić information content (AvgIpc) is 2.64. The van der Waals surface area contributed by atoms with Crippen LogP contribution in [0.2, 0.25) is 0 Å². The highest BCUT2D eigenvalue weighted by molar-refractivity contribution is 5.77. The molecule has 1 aromatic heterocycles. The number of carboxylic acid groups (broad SMARTS) is 1. The molecule has 20 heavy (non-hydrogen) atoms. The van der Waals surface area contributed by atoms with Gasteiger partial charge in [0, 0.05) is 24.7 Å². The quantitative estimate of drug-likeness (QED) is 0.882. The van der Waals surface area contributed by atoms with Crippen LogP contribution >= 0.6 is 0 Å². The fourth-order valence-electron chi connectivity index (χ4n) is 2.84. The molecular formula is C16H17NO3. The van der Waals surface area contributed by atoms with Gasteiger partial charge in [-0.3, -0.25) is 4.79 Å². The monoisotopic (exact) mass is 271 g/mol. The smallest absolute Gasteiger partial charge is 0.310 e. The lowest BCUT2D eigenvalue weighted by molar-refractivity contribution is -0.138. The van der Waals surface area contributed by atoms with Gasteiger partial charge in [0.05, 0.1) is 11.6 Å². The van der Waals surface area contributed by atoms with E-state index in [0.29, 0.717) is 12.0 Å². The molecule has 0 amide bonds. The van der Waals surface area contributed by atoms with E-state index >= 15 is 0 Å². The molecule has 4 heteroatoms. The van der Waals surface area contributed by atoms with Crippen LogP contribution in [0.3, 0.4) is 0 Å². The van der Waals surface area contributed by atoms with Gasteiger partial charge < -0.3 is 14.8 Å². The molecule has 2 heterocycles. The normalized spacial score (nSPS) is 15.1. The van der Waals surface area contributed by atoms with Crippen LogP contribution in [-0.2, 0) is 24.2 Å². The summed E-state index contributed by atoms with van der Waals surface area (Å²) in [6.45, 7) is 2.37. The molecular weight excluding hydrogens is 254 g/mol. The Morgan fingerprint density at radius 2 is 2.00 bits per heavy atom. The molecule has 3 rings (SSSR count). The predicted molar refractivity (Wildman–Crippen MR) is 75.1 cm³/mol. The van der Waals surface area contributed by atoms with Gasteiger partial charge >= 0.3 is 5.97 Å². The van der Waals surface area contributed by atoms with Crippen LogP contribution in [0.15, 0.2) is 30.5 Å². The standard InChI is InChI=1S/C16H17NO3/c1-10(16(19)20)13-9-17-7-6-11-4-2-3-5-12(11)8-14(17)15(13)18/h2-5,9-10,18H,6-8H2,1H3,(H,19,20). The maximum Gasteiger partial charge on any atom is 0.310 e. The molecule has 0 bridgehead atoms. The van der Waals surface area contributed by atoms with E-state index in [1.165, 1.54) is 11.1 Å². The molecule has 1 unspecified atom stereocenters. The summed E-state index contributed by atoms with van der Waals surface area (Å²) in [7, 11) is 0. The summed E-state index contributed by atoms with van der Waals surface area (Å²) < 4.78 is 1.99. The van der Waals surface area contributed by atoms with E-state index in [9.17, 15) is 9.90 Å². The third-order valence-electron chi connectivity index (χ3n) is 4.12. The number of rotatable bonds is 2. The van der Waals surface area contributed by atoms with Crippen molar-refractivity contribution in [3.05, 3.63) is 52.8 Å². The number of hydrogen-bond donors (Lipinski definition) is 2. The van der Waals surface area contributed by atoms with Crippen LogP contribution in [0.5, 0.6) is 5.75 Å². The van der Waals surface area contributed by atoms with Crippen LogP contribution in [0.25, 0.3) is 0 Å². The van der Waals surface area contributed by atoms with Crippen molar-refractivity contribution in [1.29, 1.82) is 0 Å². The van der Waals surface area contributed by atoms with E-state index in [-0.39, 0.29) is 5.75 Å². The fourth-order valence-corrected chi connectivity index (χ4v) is 2.84. The van der Waals surface area contributed by atoms with Gasteiger partial charge in [-0.2, -0.15) is 0 Å². The zero-order chi connectivity index (χ0) is 14.3. The van der Waals surface area contributed by atoms with Gasteiger partial charge in [0.15, 0.2) is 0 Å². The zero-order valence-corrected chi connectivity index (χ0v) is 11.3. The summed E-state index contributed by atoms with van der Waals surface area (Å²) >= 11 is 0. The number of aromatic hydroxyl groups is 1. The van der Waals surface area contributed by atoms with Crippen molar-refractivity contribution in [1.82, 2.24) is 4.57 Å². The Hall–Kier alpha value is -2.23. The lowest BCUT2D eigenvalue weighted by atomic mass is 9.99. The fraction of sp³-hybridized carbons (Fsp3) is 0.312. The molecule has 2 N–H and O–H groups in total. The van der Waals surface area contributed by atoms with Crippen molar-refractivity contribution in [2.24, 2.45) is 0 Å². The first-order valence-corrected chi connectivity index (χ1v) is 6.78. The van der Waals surface area contributed by atoms with Gasteiger partial charge in [0.1, 0.15) is 5.75 Å². The SMILES string of the molecule is CC(C(=O)O)c1cn2c(c1O)Cc1ccccc1CC2. The van der Waals surface area contributed by atoms with E-state index in [2.05, 4.69) is 12.1 Å². The number of fused-ring (bicyclic) bond motifs is 2. The summed E-state index contributed by atoms with van der Waals surface area (Å²) in [6.07, 6.45) is 3.34. The van der Waals surface area contributed by atoms with Crippen molar-refractivity contribution < 1.29 is 15.0 Å². The lowest BCUT2D eigenvalue weighted by Crippen LogP contribution is -2.07. The predicted octanol–water partition coefficient (Wildman–Crippen LogP) is 2.53. The van der Waals surface area contributed by atoms with Gasteiger partial charge in [0.2, 0.25) is 0 Å². The number of aliphatic carboxylic acids is 1. The second kappa shape index (κ2) is 4.71. The molecule has 1 aliphatic heterocycles. The summed E-state index contributed by atoms with van der Waals surface area (Å²) in [4.78, 5) is 11.1. The van der Waals surface area contributed by atoms with Gasteiger partial charge in [-0.25, -0.2) is 0 Å². The van der Waals surface area contributed by atoms with Crippen LogP contribution in [0.1, 0.15) is 35.2 Å². The third-order valence-corrected chi connectivity index (χ3v) is 4.12. The van der Waals surface area contributed by atoms with E-state index in [4.69, 9.17) is 5.11 Å². The van der Waals surface area contributed by atoms with E-state index in [1.54, 1.807) is 13.1 Å². The first kappa shape index (κ1) is 12.8. The number of aromatic nitrogens is 1. The molecule has 4 nitrogen and oxygen atoms in total. The highest BCUT2D eigenvalue weighted by Gasteiger charge is 2.25. The Balaban J connectivity index is 2.05. The second-order valence-electron chi connectivity index (χ2n) is 5.33. The Morgan fingerprint density at radius 3 is 2.70 bits per heavy atom. The molecule has 0 radical (unpaired) electrons. The van der Waals surface area contributed by atoms with E-state index < -0.39 is 11.9 Å². The number of nitrogens with zero attached hydrogens (tertiary/aromatic N) is 1. The van der Waals surface area contributed by atoms with Gasteiger partial charge in [0.25, 0.3) is 0 Å². The summed E-state index contributed by atoms with van der Waals surface area (Å²) in [6, 6.07) is 8.20. The highest BCUT2D eigenvalue weighted by Crippen LogP contribution is 2.35. The van der Waals surface area contributed by atoms with Crippen LogP contribution in [-0.4, -0.2) is 20.7 Å². The van der Waals surface area contributed by atoms with E-state index in [1.807, 2.05) is 16.7 Å². The molecule has 2 aromatic rings. The van der Waals surface area contributed by atoms with Gasteiger partial charge in [-0.15, -0.1) is 0 Å². The largest absolute Gasteiger partial charge is 0.506 e. The molecule has 0 saturated carbocycles. The Kier molecular flexibility index (Phi) is 3.01. The molecule has 0 aliphatic carbocycles. The molecule has 0 spiro atoms. The minimum Gasteiger partial charge on any atom is -0.506 e. The molecule has 1 aliphatic rings. The minimum atomic E-state index is -0.915. The summed E-state index contributed by atoms with van der Waals surface area (Å²) in [5.74, 6) is -1.47. The topological polar surface area (TPSA) is 62.5 Å². The van der Waals surface area contributed by atoms with Crippen molar-refractivity contribution in [2.45, 2.75) is 32.2 Å². The highest BCUT2D eigenvalue weighted by atomic mass is 16.4.